The van der Waals surface area contributed by atoms with Gasteiger partial charge in [0.05, 0.1) is 5.69 Å². The first-order chi connectivity index (χ1) is 9.10. The summed E-state index contributed by atoms with van der Waals surface area (Å²) in [6.07, 6.45) is 4.58. The van der Waals surface area contributed by atoms with Crippen molar-refractivity contribution in [1.82, 2.24) is 15.1 Å². The Morgan fingerprint density at radius 1 is 1.38 bits per heavy atom. The number of aryl methyl sites for hydroxylation is 2. The minimum atomic E-state index is 0. The van der Waals surface area contributed by atoms with Crippen molar-refractivity contribution in [2.45, 2.75) is 52.1 Å². The zero-order chi connectivity index (χ0) is 13.8. The normalized spacial score (nSPS) is 21.1. The highest BCUT2D eigenvalue weighted by Gasteiger charge is 2.25. The molecule has 0 saturated heterocycles. The van der Waals surface area contributed by atoms with Crippen molar-refractivity contribution in [1.29, 1.82) is 0 Å². The maximum absolute atomic E-state index is 12.1. The summed E-state index contributed by atoms with van der Waals surface area (Å²) in [5.41, 5.74) is 7.75. The largest absolute Gasteiger partial charge is 0.351 e. The first-order valence-electron chi connectivity index (χ1n) is 7.10. The molecule has 21 heavy (non-hydrogen) atoms. The number of nitrogens with two attached hydrogens (primary N) is 1. The molecular formula is C14H26Cl2N4O. The number of aromatic nitrogens is 2. The molecule has 3 N–H and O–H groups in total. The topological polar surface area (TPSA) is 72.9 Å². The summed E-state index contributed by atoms with van der Waals surface area (Å²) >= 11 is 0. The molecule has 1 aliphatic carbocycles. The highest BCUT2D eigenvalue weighted by atomic mass is 35.5. The highest BCUT2D eigenvalue weighted by Crippen LogP contribution is 2.23. The summed E-state index contributed by atoms with van der Waals surface area (Å²) in [6, 6.07) is 2.22. The minimum Gasteiger partial charge on any atom is -0.351 e. The summed E-state index contributed by atoms with van der Waals surface area (Å²) in [5.74, 6) is 0.467. The Morgan fingerprint density at radius 3 is 2.62 bits per heavy atom. The lowest BCUT2D eigenvalue weighted by atomic mass is 9.84. The molecule has 7 heteroatoms. The van der Waals surface area contributed by atoms with Crippen LogP contribution in [0.25, 0.3) is 0 Å². The van der Waals surface area contributed by atoms with Gasteiger partial charge in [-0.15, -0.1) is 24.8 Å². The quantitative estimate of drug-likeness (QED) is 0.882. The van der Waals surface area contributed by atoms with Gasteiger partial charge in [-0.2, -0.15) is 5.10 Å². The van der Waals surface area contributed by atoms with Crippen molar-refractivity contribution in [3.05, 3.63) is 17.5 Å². The van der Waals surface area contributed by atoms with E-state index in [0.29, 0.717) is 19.0 Å². The second kappa shape index (κ2) is 9.28. The number of hydrogen-bond acceptors (Lipinski definition) is 3. The number of carbonyl (C=O) groups excluding carboxylic acids is 1. The van der Waals surface area contributed by atoms with Crippen molar-refractivity contribution < 1.29 is 4.79 Å². The predicted octanol–water partition coefficient (Wildman–Crippen LogP) is 1.98. The summed E-state index contributed by atoms with van der Waals surface area (Å²) < 4.78 is 1.75. The van der Waals surface area contributed by atoms with Crippen LogP contribution in [0.1, 0.15) is 37.1 Å². The molecule has 0 aromatic carbocycles. The first-order valence-corrected chi connectivity index (χ1v) is 7.10. The van der Waals surface area contributed by atoms with Crippen molar-refractivity contribution in [2.75, 3.05) is 6.54 Å². The molecule has 2 unspecified atom stereocenters. The molecule has 1 saturated carbocycles. The van der Waals surface area contributed by atoms with E-state index in [1.54, 1.807) is 4.68 Å². The van der Waals surface area contributed by atoms with Crippen molar-refractivity contribution in [3.63, 3.8) is 0 Å². The third-order valence-electron chi connectivity index (χ3n) is 3.95. The fourth-order valence-corrected chi connectivity index (χ4v) is 2.90. The fourth-order valence-electron chi connectivity index (χ4n) is 2.90. The van der Waals surface area contributed by atoms with Gasteiger partial charge in [-0.05, 0) is 45.2 Å². The van der Waals surface area contributed by atoms with Crippen LogP contribution >= 0.6 is 24.8 Å². The standard InChI is InChI=1S/C14H24N4O.2ClH/c1-10-7-11(2)18(17-10)9-14(19)16-13-6-4-3-5-12(13)8-15;;/h7,12-13H,3-6,8-9,15H2,1-2H3,(H,16,19);2*1H. The Morgan fingerprint density at radius 2 is 2.05 bits per heavy atom. The van der Waals surface area contributed by atoms with Crippen LogP contribution < -0.4 is 11.1 Å². The minimum absolute atomic E-state index is 0. The summed E-state index contributed by atoms with van der Waals surface area (Å²) in [6.45, 7) is 4.86. The van der Waals surface area contributed by atoms with Gasteiger partial charge in [-0.25, -0.2) is 0 Å². The van der Waals surface area contributed by atoms with E-state index in [4.69, 9.17) is 5.73 Å². The van der Waals surface area contributed by atoms with Gasteiger partial charge >= 0.3 is 0 Å². The van der Waals surface area contributed by atoms with Gasteiger partial charge in [0.25, 0.3) is 0 Å². The molecular weight excluding hydrogens is 311 g/mol. The molecule has 0 bridgehead atoms. The van der Waals surface area contributed by atoms with Crippen LogP contribution in [-0.2, 0) is 11.3 Å². The fraction of sp³-hybridized carbons (Fsp3) is 0.714. The molecule has 1 aliphatic rings. The monoisotopic (exact) mass is 336 g/mol. The van der Waals surface area contributed by atoms with Gasteiger partial charge in [0.15, 0.2) is 0 Å². The van der Waals surface area contributed by atoms with Crippen LogP contribution in [0.15, 0.2) is 6.07 Å². The molecule has 1 aromatic rings. The second-order valence-corrected chi connectivity index (χ2v) is 5.54. The molecule has 0 radical (unpaired) electrons. The van der Waals surface area contributed by atoms with E-state index in [1.807, 2.05) is 19.9 Å². The number of rotatable bonds is 4. The SMILES string of the molecule is Cc1cc(C)n(CC(=O)NC2CCCCC2CN)n1.Cl.Cl. The molecule has 2 rings (SSSR count). The van der Waals surface area contributed by atoms with Crippen LogP contribution in [0.3, 0.4) is 0 Å². The average Bonchev–Trinajstić information content (AvgIpc) is 2.68. The molecule has 5 nitrogen and oxygen atoms in total. The summed E-state index contributed by atoms with van der Waals surface area (Å²) in [5, 5.41) is 7.44. The van der Waals surface area contributed by atoms with Gasteiger partial charge in [0.1, 0.15) is 6.54 Å². The van der Waals surface area contributed by atoms with Crippen LogP contribution in [0.2, 0.25) is 0 Å². The maximum Gasteiger partial charge on any atom is 0.241 e. The van der Waals surface area contributed by atoms with Crippen molar-refractivity contribution in [2.24, 2.45) is 11.7 Å². The van der Waals surface area contributed by atoms with E-state index in [1.165, 1.54) is 12.8 Å². The first kappa shape index (κ1) is 20.2. The Labute approximate surface area is 138 Å². The third-order valence-corrected chi connectivity index (χ3v) is 3.95. The number of carbonyl (C=O) groups is 1. The van der Waals surface area contributed by atoms with E-state index in [2.05, 4.69) is 10.4 Å². The lowest BCUT2D eigenvalue weighted by molar-refractivity contribution is -0.123. The Hall–Kier alpha value is -0.780. The number of hydrogen-bond donors (Lipinski definition) is 2. The average molecular weight is 337 g/mol. The van der Waals surface area contributed by atoms with Crippen LogP contribution in [0.5, 0.6) is 0 Å². The lowest BCUT2D eigenvalue weighted by Gasteiger charge is -2.31. The zero-order valence-corrected chi connectivity index (χ0v) is 14.3. The van der Waals surface area contributed by atoms with Gasteiger partial charge in [-0.3, -0.25) is 9.48 Å². The van der Waals surface area contributed by atoms with Crippen molar-refractivity contribution in [3.8, 4) is 0 Å². The van der Waals surface area contributed by atoms with Crippen LogP contribution in [-0.4, -0.2) is 28.3 Å². The van der Waals surface area contributed by atoms with E-state index in [0.717, 1.165) is 24.2 Å². The third kappa shape index (κ3) is 5.49. The van der Waals surface area contributed by atoms with E-state index in [-0.39, 0.29) is 36.8 Å². The zero-order valence-electron chi connectivity index (χ0n) is 12.7. The smallest absolute Gasteiger partial charge is 0.241 e. The van der Waals surface area contributed by atoms with Crippen LogP contribution in [0.4, 0.5) is 0 Å². The van der Waals surface area contributed by atoms with Gasteiger partial charge in [-0.1, -0.05) is 12.8 Å². The Kier molecular flexibility index (Phi) is 8.94. The molecule has 1 fully saturated rings. The Bertz CT molecular complexity index is 450. The highest BCUT2D eigenvalue weighted by molar-refractivity contribution is 5.85. The molecule has 0 spiro atoms. The second-order valence-electron chi connectivity index (χ2n) is 5.54. The Balaban J connectivity index is 0.00000200. The van der Waals surface area contributed by atoms with Gasteiger partial charge in [0, 0.05) is 11.7 Å². The molecule has 1 aromatic heterocycles. The van der Waals surface area contributed by atoms with E-state index >= 15 is 0 Å². The lowest BCUT2D eigenvalue weighted by Crippen LogP contribution is -2.45. The number of nitrogens with one attached hydrogen (secondary N) is 1. The molecule has 122 valence electrons. The maximum atomic E-state index is 12.1. The molecule has 1 heterocycles. The number of nitrogens with zero attached hydrogens (tertiary/aromatic N) is 2. The van der Waals surface area contributed by atoms with Gasteiger partial charge < -0.3 is 11.1 Å². The number of amides is 1. The number of halogens is 2. The summed E-state index contributed by atoms with van der Waals surface area (Å²) in [4.78, 5) is 12.1. The predicted molar refractivity (Wildman–Crippen MR) is 89.1 cm³/mol. The van der Waals surface area contributed by atoms with Crippen molar-refractivity contribution >= 4 is 30.7 Å². The van der Waals surface area contributed by atoms with E-state index < -0.39 is 0 Å². The van der Waals surface area contributed by atoms with Crippen LogP contribution in [0, 0.1) is 19.8 Å². The summed E-state index contributed by atoms with van der Waals surface area (Å²) in [7, 11) is 0. The van der Waals surface area contributed by atoms with E-state index in [9.17, 15) is 4.79 Å². The molecule has 1 amide bonds. The van der Waals surface area contributed by atoms with Gasteiger partial charge in [0.2, 0.25) is 5.91 Å². The molecule has 2 atom stereocenters. The molecule has 0 aliphatic heterocycles.